The number of carbonyl (C=O) groups is 1. The Morgan fingerprint density at radius 3 is 2.62 bits per heavy atom. The molecular weight excluding hydrogens is 282 g/mol. The van der Waals surface area contributed by atoms with E-state index in [1.807, 2.05) is 4.98 Å². The summed E-state index contributed by atoms with van der Waals surface area (Å²) in [5, 5.41) is 19.4. The first-order valence-electron chi connectivity index (χ1n) is 6.29. The molecular formula is C12H19N3O6. The van der Waals surface area contributed by atoms with E-state index in [0.29, 0.717) is 0 Å². The van der Waals surface area contributed by atoms with Crippen LogP contribution in [0.1, 0.15) is 13.8 Å². The van der Waals surface area contributed by atoms with Crippen molar-refractivity contribution in [3.8, 4) is 0 Å². The predicted octanol–water partition coefficient (Wildman–Crippen LogP) is -2.26. The lowest BCUT2D eigenvalue weighted by Gasteiger charge is -2.23. The van der Waals surface area contributed by atoms with E-state index in [0.717, 1.165) is 16.8 Å². The third-order valence-electron chi connectivity index (χ3n) is 2.76. The highest BCUT2D eigenvalue weighted by molar-refractivity contribution is 5.75. The van der Waals surface area contributed by atoms with Gasteiger partial charge in [-0.1, -0.05) is 13.8 Å². The van der Waals surface area contributed by atoms with Crippen molar-refractivity contribution in [3.05, 3.63) is 33.1 Å². The highest BCUT2D eigenvalue weighted by Crippen LogP contribution is 2.06. The van der Waals surface area contributed by atoms with Crippen LogP contribution in [0.15, 0.2) is 21.9 Å². The first-order valence-corrected chi connectivity index (χ1v) is 6.29. The molecule has 0 saturated heterocycles. The fourth-order valence-corrected chi connectivity index (χ4v) is 1.44. The Morgan fingerprint density at radius 1 is 1.48 bits per heavy atom. The average molecular weight is 301 g/mol. The van der Waals surface area contributed by atoms with E-state index in [2.05, 4.69) is 0 Å². The minimum Gasteiger partial charge on any atom is -0.459 e. The van der Waals surface area contributed by atoms with Gasteiger partial charge in [0.25, 0.3) is 5.56 Å². The van der Waals surface area contributed by atoms with Crippen LogP contribution in [0.4, 0.5) is 0 Å². The van der Waals surface area contributed by atoms with Crippen LogP contribution in [-0.2, 0) is 16.1 Å². The van der Waals surface area contributed by atoms with Gasteiger partial charge in [-0.3, -0.25) is 19.1 Å². The third-order valence-corrected chi connectivity index (χ3v) is 2.76. The predicted molar refractivity (Wildman–Crippen MR) is 72.3 cm³/mol. The van der Waals surface area contributed by atoms with Crippen LogP contribution >= 0.6 is 0 Å². The number of carbonyl (C=O) groups excluding carboxylic acids is 1. The summed E-state index contributed by atoms with van der Waals surface area (Å²) in [5.74, 6) is -3.40. The molecule has 0 aliphatic heterocycles. The average Bonchev–Trinajstić information content (AvgIpc) is 2.38. The van der Waals surface area contributed by atoms with Gasteiger partial charge >= 0.3 is 11.7 Å². The molecule has 0 aromatic carbocycles. The quantitative estimate of drug-likeness (QED) is 0.342. The largest absolute Gasteiger partial charge is 0.459 e. The Kier molecular flexibility index (Phi) is 5.41. The maximum absolute atomic E-state index is 11.5. The van der Waals surface area contributed by atoms with E-state index >= 15 is 0 Å². The highest BCUT2D eigenvalue weighted by atomic mass is 16.6. The van der Waals surface area contributed by atoms with Gasteiger partial charge in [-0.25, -0.2) is 4.79 Å². The van der Waals surface area contributed by atoms with Gasteiger partial charge < -0.3 is 20.7 Å². The Hall–Kier alpha value is -1.97. The van der Waals surface area contributed by atoms with E-state index in [9.17, 15) is 24.6 Å². The van der Waals surface area contributed by atoms with Crippen LogP contribution in [0.25, 0.3) is 0 Å². The maximum atomic E-state index is 11.5. The lowest BCUT2D eigenvalue weighted by atomic mass is 10.1. The van der Waals surface area contributed by atoms with Gasteiger partial charge in [0, 0.05) is 12.3 Å². The molecule has 1 aromatic rings. The van der Waals surface area contributed by atoms with Gasteiger partial charge in [-0.2, -0.15) is 0 Å². The van der Waals surface area contributed by atoms with Crippen LogP contribution in [0.5, 0.6) is 0 Å². The van der Waals surface area contributed by atoms with Crippen LogP contribution in [0, 0.1) is 5.92 Å². The van der Waals surface area contributed by atoms with Gasteiger partial charge in [0.2, 0.25) is 5.79 Å². The first-order chi connectivity index (χ1) is 9.62. The van der Waals surface area contributed by atoms with Crippen molar-refractivity contribution in [2.45, 2.75) is 32.2 Å². The second-order valence-electron chi connectivity index (χ2n) is 5.10. The number of nitrogens with zero attached hydrogens (tertiary/aromatic N) is 1. The molecule has 0 saturated carbocycles. The number of aromatic amines is 1. The molecule has 9 nitrogen and oxygen atoms in total. The molecule has 1 aromatic heterocycles. The van der Waals surface area contributed by atoms with Crippen LogP contribution in [0.3, 0.4) is 0 Å². The molecule has 0 radical (unpaired) electrons. The second-order valence-corrected chi connectivity index (χ2v) is 5.10. The van der Waals surface area contributed by atoms with Crippen molar-refractivity contribution < 1.29 is 19.7 Å². The zero-order valence-electron chi connectivity index (χ0n) is 11.8. The summed E-state index contributed by atoms with van der Waals surface area (Å²) in [6.45, 7) is 2.11. The molecule has 9 heteroatoms. The summed E-state index contributed by atoms with van der Waals surface area (Å²) in [6, 6.07) is 0.176. The number of nitrogens with one attached hydrogen (secondary N) is 1. The van der Waals surface area contributed by atoms with Crippen molar-refractivity contribution in [1.29, 1.82) is 0 Å². The number of H-pyrrole nitrogens is 1. The molecule has 0 aliphatic carbocycles. The number of aliphatic hydroxyl groups is 2. The van der Waals surface area contributed by atoms with Gasteiger partial charge in [0.1, 0.15) is 12.6 Å². The van der Waals surface area contributed by atoms with E-state index in [1.54, 1.807) is 13.8 Å². The minimum atomic E-state index is -2.46. The van der Waals surface area contributed by atoms with Crippen molar-refractivity contribution in [1.82, 2.24) is 9.55 Å². The summed E-state index contributed by atoms with van der Waals surface area (Å²) in [4.78, 5) is 35.8. The van der Waals surface area contributed by atoms with Crippen molar-refractivity contribution in [2.24, 2.45) is 11.7 Å². The van der Waals surface area contributed by atoms with E-state index in [1.165, 1.54) is 0 Å². The number of esters is 1. The molecule has 1 rings (SSSR count). The van der Waals surface area contributed by atoms with Gasteiger partial charge in [-0.05, 0) is 5.92 Å². The molecule has 0 aliphatic rings. The summed E-state index contributed by atoms with van der Waals surface area (Å²) in [6.07, 6.45) is 1.10. The number of rotatable bonds is 6. The Morgan fingerprint density at radius 2 is 2.10 bits per heavy atom. The van der Waals surface area contributed by atoms with Crippen molar-refractivity contribution >= 4 is 5.97 Å². The maximum Gasteiger partial charge on any atom is 0.328 e. The van der Waals surface area contributed by atoms with Gasteiger partial charge in [0.15, 0.2) is 0 Å². The highest BCUT2D eigenvalue weighted by Gasteiger charge is 2.28. The number of aromatic nitrogens is 2. The molecule has 118 valence electrons. The molecule has 0 fully saturated rings. The van der Waals surface area contributed by atoms with Crippen LogP contribution < -0.4 is 17.0 Å². The first kappa shape index (κ1) is 17.1. The minimum absolute atomic E-state index is 0.161. The summed E-state index contributed by atoms with van der Waals surface area (Å²) >= 11 is 0. The molecule has 0 amide bonds. The number of hydrogen-bond donors (Lipinski definition) is 4. The van der Waals surface area contributed by atoms with E-state index < -0.39 is 42.2 Å². The lowest BCUT2D eigenvalue weighted by Crippen LogP contribution is -2.46. The standard InChI is InChI=1S/C12H19N3O6/c1-7(2)9(13)10(17)21-6-12(19,20)5-15-4-3-8(16)14-11(15)18/h3-4,7,9,19-20H,5-6,13H2,1-2H3,(H,14,16,18)/t9-/m0/s1. The molecule has 0 unspecified atom stereocenters. The molecule has 5 N–H and O–H groups in total. The summed E-state index contributed by atoms with van der Waals surface area (Å²) in [5.41, 5.74) is 4.14. The number of ether oxygens (including phenoxy) is 1. The van der Waals surface area contributed by atoms with Crippen LogP contribution in [-0.4, -0.2) is 44.2 Å². The Labute approximate surface area is 120 Å². The van der Waals surface area contributed by atoms with Crippen molar-refractivity contribution in [2.75, 3.05) is 6.61 Å². The zero-order valence-corrected chi connectivity index (χ0v) is 11.8. The molecule has 1 atom stereocenters. The summed E-state index contributed by atoms with van der Waals surface area (Å²) < 4.78 is 5.59. The van der Waals surface area contributed by atoms with Gasteiger partial charge in [-0.15, -0.1) is 0 Å². The molecule has 0 spiro atoms. The van der Waals surface area contributed by atoms with Crippen molar-refractivity contribution in [3.63, 3.8) is 0 Å². The number of nitrogens with two attached hydrogens (primary N) is 1. The topological polar surface area (TPSA) is 148 Å². The monoisotopic (exact) mass is 301 g/mol. The van der Waals surface area contributed by atoms with E-state index in [-0.39, 0.29) is 5.92 Å². The van der Waals surface area contributed by atoms with Gasteiger partial charge in [0.05, 0.1) is 6.54 Å². The van der Waals surface area contributed by atoms with E-state index in [4.69, 9.17) is 10.5 Å². The van der Waals surface area contributed by atoms with Crippen LogP contribution in [0.2, 0.25) is 0 Å². The molecule has 1 heterocycles. The smallest absolute Gasteiger partial charge is 0.328 e. The normalized spacial score (nSPS) is 13.2. The Balaban J connectivity index is 2.67. The number of hydrogen-bond acceptors (Lipinski definition) is 7. The third kappa shape index (κ3) is 5.14. The second kappa shape index (κ2) is 6.66. The summed E-state index contributed by atoms with van der Waals surface area (Å²) in [7, 11) is 0. The fraction of sp³-hybridized carbons (Fsp3) is 0.583. The Bertz CT molecular complexity index is 604. The zero-order chi connectivity index (χ0) is 16.2. The fourth-order valence-electron chi connectivity index (χ4n) is 1.44. The SMILES string of the molecule is CC(C)[C@H](N)C(=O)OCC(O)(O)Cn1ccc(=O)[nH]c1=O. The lowest BCUT2D eigenvalue weighted by molar-refractivity contribution is -0.210. The molecule has 21 heavy (non-hydrogen) atoms. The molecule has 0 bridgehead atoms.